The van der Waals surface area contributed by atoms with E-state index in [1.54, 1.807) is 18.3 Å². The number of hydrogen-bond donors (Lipinski definition) is 1. The van der Waals surface area contributed by atoms with Crippen LogP contribution in [0.1, 0.15) is 43.5 Å². The van der Waals surface area contributed by atoms with Crippen molar-refractivity contribution in [2.24, 2.45) is 5.92 Å². The molecule has 1 aliphatic heterocycles. The summed E-state index contributed by atoms with van der Waals surface area (Å²) >= 11 is 0. The minimum absolute atomic E-state index is 0.0205. The second-order valence-corrected chi connectivity index (χ2v) is 11.7. The fourth-order valence-electron chi connectivity index (χ4n) is 4.76. The number of nitrogens with one attached hydrogen (secondary N) is 1. The second-order valence-electron chi connectivity index (χ2n) is 9.79. The predicted molar refractivity (Wildman–Crippen MR) is 148 cm³/mol. The molecule has 4 rings (SSSR count). The van der Waals surface area contributed by atoms with Gasteiger partial charge < -0.3 is 14.8 Å². The Labute approximate surface area is 218 Å². The van der Waals surface area contributed by atoms with E-state index in [1.807, 2.05) is 48.9 Å². The molecule has 1 N–H and O–H groups in total. The molecule has 1 aromatic heterocycles. The molecule has 8 nitrogen and oxygen atoms in total. The van der Waals surface area contributed by atoms with E-state index in [1.165, 1.54) is 10.4 Å². The zero-order valence-electron chi connectivity index (χ0n) is 21.8. The van der Waals surface area contributed by atoms with Crippen LogP contribution in [0.4, 0.5) is 5.69 Å². The number of aryl methyl sites for hydroxylation is 1. The molecule has 1 aliphatic rings. The molecule has 37 heavy (non-hydrogen) atoms. The van der Waals surface area contributed by atoms with Gasteiger partial charge >= 0.3 is 0 Å². The number of para-hydroxylation sites is 1. The lowest BCUT2D eigenvalue weighted by Crippen LogP contribution is -2.38. The highest BCUT2D eigenvalue weighted by Gasteiger charge is 2.28. The van der Waals surface area contributed by atoms with E-state index in [2.05, 4.69) is 17.1 Å². The van der Waals surface area contributed by atoms with Gasteiger partial charge in [-0.25, -0.2) is 8.42 Å². The molecular weight excluding hydrogens is 488 g/mol. The van der Waals surface area contributed by atoms with Crippen molar-refractivity contribution in [1.29, 1.82) is 0 Å². The minimum Gasteiger partial charge on any atom is -0.375 e. The van der Waals surface area contributed by atoms with E-state index in [4.69, 9.17) is 0 Å². The van der Waals surface area contributed by atoms with Gasteiger partial charge in [-0.1, -0.05) is 25.1 Å². The first-order valence-corrected chi connectivity index (χ1v) is 14.4. The van der Waals surface area contributed by atoms with E-state index < -0.39 is 21.4 Å². The van der Waals surface area contributed by atoms with Gasteiger partial charge in [-0.2, -0.15) is 4.31 Å². The van der Waals surface area contributed by atoms with Crippen LogP contribution >= 0.6 is 0 Å². The molecule has 2 heterocycles. The maximum absolute atomic E-state index is 13.4. The lowest BCUT2D eigenvalue weighted by atomic mass is 10.0. The minimum atomic E-state index is -3.72. The van der Waals surface area contributed by atoms with E-state index in [0.717, 1.165) is 25.1 Å². The molecular formula is C28H36N4O4S. The number of amides is 1. The van der Waals surface area contributed by atoms with Crippen molar-refractivity contribution in [2.45, 2.75) is 44.6 Å². The molecule has 0 saturated carbocycles. The van der Waals surface area contributed by atoms with Gasteiger partial charge in [-0.3, -0.25) is 9.59 Å². The van der Waals surface area contributed by atoms with Crippen LogP contribution in [0.3, 0.4) is 0 Å². The number of sulfonamides is 1. The van der Waals surface area contributed by atoms with Gasteiger partial charge in [0, 0.05) is 57.0 Å². The maximum Gasteiger partial charge on any atom is 0.256 e. The number of fused-ring (bicyclic) bond motifs is 1. The van der Waals surface area contributed by atoms with Gasteiger partial charge in [-0.15, -0.1) is 0 Å². The van der Waals surface area contributed by atoms with Crippen molar-refractivity contribution in [3.05, 3.63) is 70.5 Å². The molecule has 0 unspecified atom stereocenters. The smallest absolute Gasteiger partial charge is 0.256 e. The summed E-state index contributed by atoms with van der Waals surface area (Å²) in [4.78, 5) is 28.6. The van der Waals surface area contributed by atoms with Crippen LogP contribution in [0, 0.1) is 5.92 Å². The third kappa shape index (κ3) is 5.88. The number of pyridine rings is 1. The van der Waals surface area contributed by atoms with Gasteiger partial charge in [0.2, 0.25) is 15.5 Å². The first-order valence-electron chi connectivity index (χ1n) is 12.9. The summed E-state index contributed by atoms with van der Waals surface area (Å²) < 4.78 is 29.9. The number of carbonyl (C=O) groups is 1. The van der Waals surface area contributed by atoms with Crippen LogP contribution in [-0.2, 0) is 16.6 Å². The summed E-state index contributed by atoms with van der Waals surface area (Å²) in [6.45, 7) is 6.70. The van der Waals surface area contributed by atoms with E-state index in [9.17, 15) is 18.0 Å². The molecule has 1 fully saturated rings. The fraction of sp³-hybridized carbons (Fsp3) is 0.429. The van der Waals surface area contributed by atoms with Gasteiger partial charge in [0.15, 0.2) is 0 Å². The quantitative estimate of drug-likeness (QED) is 0.431. The largest absolute Gasteiger partial charge is 0.375 e. The lowest BCUT2D eigenvalue weighted by Gasteiger charge is -2.29. The normalized spacial score (nSPS) is 15.1. The average molecular weight is 525 g/mol. The van der Waals surface area contributed by atoms with Gasteiger partial charge in [0.1, 0.15) is 5.56 Å². The summed E-state index contributed by atoms with van der Waals surface area (Å²) in [5, 5.41) is 3.10. The Morgan fingerprint density at radius 2 is 1.81 bits per heavy atom. The number of carbonyl (C=O) groups excluding carboxylic acids is 1. The fourth-order valence-corrected chi connectivity index (χ4v) is 6.26. The Hall–Kier alpha value is -3.17. The topological polar surface area (TPSA) is 91.7 Å². The number of rotatable bonds is 9. The zero-order chi connectivity index (χ0) is 26.6. The summed E-state index contributed by atoms with van der Waals surface area (Å²) in [5.41, 5.74) is 1.27. The Morgan fingerprint density at radius 3 is 2.49 bits per heavy atom. The van der Waals surface area contributed by atoms with Crippen molar-refractivity contribution in [3.8, 4) is 0 Å². The van der Waals surface area contributed by atoms with Crippen LogP contribution < -0.4 is 15.6 Å². The van der Waals surface area contributed by atoms with Crippen molar-refractivity contribution >= 4 is 32.5 Å². The highest BCUT2D eigenvalue weighted by Crippen LogP contribution is 2.25. The number of piperidine rings is 1. The van der Waals surface area contributed by atoms with Crippen molar-refractivity contribution < 1.29 is 13.2 Å². The van der Waals surface area contributed by atoms with Crippen molar-refractivity contribution in [3.63, 3.8) is 0 Å². The molecule has 9 heteroatoms. The van der Waals surface area contributed by atoms with Crippen LogP contribution in [0.25, 0.3) is 10.9 Å². The first kappa shape index (κ1) is 26.9. The molecule has 0 aliphatic carbocycles. The molecule has 1 saturated heterocycles. The highest BCUT2D eigenvalue weighted by molar-refractivity contribution is 7.89. The molecule has 1 amide bonds. The molecule has 2 aromatic carbocycles. The standard InChI is InChI=1S/C28H36N4O4S/c1-4-31-20-25(28(34)29-15-8-16-30(3)22-9-6-5-7-10-22)27(33)24-19-23(11-12-26(24)31)37(35,36)32-17-13-21(2)14-18-32/h5-7,9-12,19-21H,4,8,13-18H2,1-3H3,(H,29,34). The molecule has 0 atom stereocenters. The van der Waals surface area contributed by atoms with Gasteiger partial charge in [-0.05, 0) is 62.4 Å². The van der Waals surface area contributed by atoms with E-state index in [0.29, 0.717) is 44.0 Å². The highest BCUT2D eigenvalue weighted by atomic mass is 32.2. The van der Waals surface area contributed by atoms with Gasteiger partial charge in [0.05, 0.1) is 10.4 Å². The maximum atomic E-state index is 13.4. The Bertz CT molecular complexity index is 1410. The molecule has 0 spiro atoms. The Kier molecular flexibility index (Phi) is 8.34. The van der Waals surface area contributed by atoms with Crippen LogP contribution in [-0.4, -0.2) is 56.4 Å². The Morgan fingerprint density at radius 1 is 1.11 bits per heavy atom. The zero-order valence-corrected chi connectivity index (χ0v) is 22.6. The van der Waals surface area contributed by atoms with Crippen molar-refractivity contribution in [2.75, 3.05) is 38.1 Å². The molecule has 0 radical (unpaired) electrons. The Balaban J connectivity index is 1.53. The number of aromatic nitrogens is 1. The summed E-state index contributed by atoms with van der Waals surface area (Å²) in [6, 6.07) is 14.7. The van der Waals surface area contributed by atoms with Crippen LogP contribution in [0.15, 0.2) is 64.4 Å². The number of anilines is 1. The molecule has 198 valence electrons. The number of hydrogen-bond acceptors (Lipinski definition) is 5. The second kappa shape index (κ2) is 11.5. The van der Waals surface area contributed by atoms with Crippen LogP contribution in [0.2, 0.25) is 0 Å². The average Bonchev–Trinajstić information content (AvgIpc) is 2.91. The summed E-state index contributed by atoms with van der Waals surface area (Å²) in [6.07, 6.45) is 3.92. The van der Waals surface area contributed by atoms with E-state index in [-0.39, 0.29) is 15.8 Å². The SMILES string of the molecule is CCn1cc(C(=O)NCCCN(C)c2ccccc2)c(=O)c2cc(S(=O)(=O)N3CCC(C)CC3)ccc21. The van der Waals surface area contributed by atoms with Crippen LogP contribution in [0.5, 0.6) is 0 Å². The summed E-state index contributed by atoms with van der Waals surface area (Å²) in [7, 11) is -1.72. The predicted octanol–water partition coefficient (Wildman–Crippen LogP) is 3.70. The molecule has 0 bridgehead atoms. The van der Waals surface area contributed by atoms with Crippen molar-refractivity contribution in [1.82, 2.24) is 14.2 Å². The monoisotopic (exact) mass is 524 g/mol. The first-order chi connectivity index (χ1) is 17.7. The lowest BCUT2D eigenvalue weighted by molar-refractivity contribution is 0.0951. The van der Waals surface area contributed by atoms with Gasteiger partial charge in [0.25, 0.3) is 5.91 Å². The summed E-state index contributed by atoms with van der Waals surface area (Å²) in [5.74, 6) is 0.0503. The number of benzene rings is 2. The third-order valence-electron chi connectivity index (χ3n) is 7.17. The number of nitrogens with zero attached hydrogens (tertiary/aromatic N) is 3. The molecule has 3 aromatic rings. The van der Waals surface area contributed by atoms with E-state index >= 15 is 0 Å². The third-order valence-corrected chi connectivity index (χ3v) is 9.06.